The van der Waals surface area contributed by atoms with Gasteiger partial charge in [0, 0.05) is 12.2 Å². The Labute approximate surface area is 128 Å². The van der Waals surface area contributed by atoms with Crippen LogP contribution in [0.3, 0.4) is 0 Å². The van der Waals surface area contributed by atoms with Gasteiger partial charge in [-0.1, -0.05) is 19.9 Å². The van der Waals surface area contributed by atoms with Crippen molar-refractivity contribution in [2.75, 3.05) is 11.9 Å². The van der Waals surface area contributed by atoms with Gasteiger partial charge >= 0.3 is 0 Å². The Bertz CT molecular complexity index is 611. The van der Waals surface area contributed by atoms with Gasteiger partial charge in [0.2, 0.25) is 0 Å². The molecule has 5 heteroatoms. The number of aromatic nitrogens is 3. The maximum absolute atomic E-state index is 4.67. The Balaban J connectivity index is 2.58. The van der Waals surface area contributed by atoms with E-state index >= 15 is 0 Å². The SMILES string of the molecule is CCNc1nc(-c2cccc(C)n2)nc(C(C)C)c1Br. The van der Waals surface area contributed by atoms with Gasteiger partial charge in [0.05, 0.1) is 10.2 Å². The molecule has 20 heavy (non-hydrogen) atoms. The fourth-order valence-electron chi connectivity index (χ4n) is 1.91. The van der Waals surface area contributed by atoms with Crippen molar-refractivity contribution >= 4 is 21.7 Å². The molecule has 0 aliphatic rings. The van der Waals surface area contributed by atoms with Crippen LogP contribution in [0, 0.1) is 6.92 Å². The van der Waals surface area contributed by atoms with Crippen LogP contribution in [0.25, 0.3) is 11.5 Å². The normalized spacial score (nSPS) is 10.9. The zero-order chi connectivity index (χ0) is 14.7. The second kappa shape index (κ2) is 6.31. The van der Waals surface area contributed by atoms with Crippen molar-refractivity contribution in [3.63, 3.8) is 0 Å². The first kappa shape index (κ1) is 14.9. The lowest BCUT2D eigenvalue weighted by Crippen LogP contribution is -2.07. The summed E-state index contributed by atoms with van der Waals surface area (Å²) >= 11 is 3.60. The molecule has 2 aromatic rings. The van der Waals surface area contributed by atoms with Gasteiger partial charge in [0.1, 0.15) is 11.5 Å². The number of aryl methyl sites for hydroxylation is 1. The summed E-state index contributed by atoms with van der Waals surface area (Å²) in [6, 6.07) is 5.89. The third-order valence-corrected chi connectivity index (χ3v) is 3.67. The van der Waals surface area contributed by atoms with Gasteiger partial charge in [-0.2, -0.15) is 0 Å². The molecule has 0 unspecified atom stereocenters. The van der Waals surface area contributed by atoms with Crippen LogP contribution in [0.15, 0.2) is 22.7 Å². The second-order valence-electron chi connectivity index (χ2n) is 4.94. The van der Waals surface area contributed by atoms with E-state index in [4.69, 9.17) is 0 Å². The molecule has 0 bridgehead atoms. The van der Waals surface area contributed by atoms with E-state index in [-0.39, 0.29) is 0 Å². The molecular formula is C15H19BrN4. The van der Waals surface area contributed by atoms with Crippen molar-refractivity contribution in [2.45, 2.75) is 33.6 Å². The number of nitrogens with zero attached hydrogens (tertiary/aromatic N) is 3. The molecule has 0 fully saturated rings. The van der Waals surface area contributed by atoms with Crippen LogP contribution in [0.5, 0.6) is 0 Å². The summed E-state index contributed by atoms with van der Waals surface area (Å²) in [6.45, 7) is 9.07. The van der Waals surface area contributed by atoms with Gasteiger partial charge in [-0.3, -0.25) is 0 Å². The molecular weight excluding hydrogens is 316 g/mol. The van der Waals surface area contributed by atoms with E-state index in [2.05, 4.69) is 50.0 Å². The van der Waals surface area contributed by atoms with Gasteiger partial charge in [0.15, 0.2) is 5.82 Å². The number of pyridine rings is 1. The summed E-state index contributed by atoms with van der Waals surface area (Å²) in [7, 11) is 0. The van der Waals surface area contributed by atoms with Crippen molar-refractivity contribution in [3.05, 3.63) is 34.1 Å². The minimum atomic E-state index is 0.313. The molecule has 0 saturated carbocycles. The Morgan fingerprint density at radius 3 is 2.55 bits per heavy atom. The molecule has 0 aliphatic heterocycles. The quantitative estimate of drug-likeness (QED) is 0.911. The third kappa shape index (κ3) is 3.15. The van der Waals surface area contributed by atoms with E-state index in [0.29, 0.717) is 11.7 Å². The molecule has 106 valence electrons. The number of anilines is 1. The lowest BCUT2D eigenvalue weighted by atomic mass is 10.1. The number of hydrogen-bond donors (Lipinski definition) is 1. The predicted molar refractivity (Wildman–Crippen MR) is 86.0 cm³/mol. The fourth-order valence-corrected chi connectivity index (χ4v) is 2.69. The topological polar surface area (TPSA) is 50.7 Å². The van der Waals surface area contributed by atoms with Crippen molar-refractivity contribution in [1.29, 1.82) is 0 Å². The average Bonchev–Trinajstić information content (AvgIpc) is 2.41. The predicted octanol–water partition coefficient (Wildman–Crippen LogP) is 4.16. The third-order valence-electron chi connectivity index (χ3n) is 2.89. The summed E-state index contributed by atoms with van der Waals surface area (Å²) in [6.07, 6.45) is 0. The molecule has 0 saturated heterocycles. The van der Waals surface area contributed by atoms with Gasteiger partial charge in [-0.05, 0) is 47.8 Å². The van der Waals surface area contributed by atoms with E-state index in [1.54, 1.807) is 0 Å². The lowest BCUT2D eigenvalue weighted by Gasteiger charge is -2.14. The maximum atomic E-state index is 4.67. The van der Waals surface area contributed by atoms with Crippen molar-refractivity contribution in [3.8, 4) is 11.5 Å². The van der Waals surface area contributed by atoms with Crippen LogP contribution in [-0.4, -0.2) is 21.5 Å². The summed E-state index contributed by atoms with van der Waals surface area (Å²) < 4.78 is 0.936. The molecule has 0 amide bonds. The summed E-state index contributed by atoms with van der Waals surface area (Å²) in [5.41, 5.74) is 2.76. The second-order valence-corrected chi connectivity index (χ2v) is 5.74. The van der Waals surface area contributed by atoms with E-state index in [9.17, 15) is 0 Å². The van der Waals surface area contributed by atoms with Gasteiger partial charge in [0.25, 0.3) is 0 Å². The molecule has 2 heterocycles. The highest BCUT2D eigenvalue weighted by atomic mass is 79.9. The minimum absolute atomic E-state index is 0.313. The van der Waals surface area contributed by atoms with Crippen LogP contribution in [0.2, 0.25) is 0 Å². The first-order valence-corrected chi connectivity index (χ1v) is 7.57. The van der Waals surface area contributed by atoms with Crippen molar-refractivity contribution in [1.82, 2.24) is 15.0 Å². The molecule has 4 nitrogen and oxygen atoms in total. The van der Waals surface area contributed by atoms with Gasteiger partial charge in [-0.15, -0.1) is 0 Å². The summed E-state index contributed by atoms with van der Waals surface area (Å²) in [5.74, 6) is 1.80. The highest BCUT2D eigenvalue weighted by Crippen LogP contribution is 2.30. The number of nitrogens with one attached hydrogen (secondary N) is 1. The highest BCUT2D eigenvalue weighted by molar-refractivity contribution is 9.10. The van der Waals surface area contributed by atoms with Crippen LogP contribution >= 0.6 is 15.9 Å². The first-order chi connectivity index (χ1) is 9.52. The molecule has 2 aromatic heterocycles. The standard InChI is InChI=1S/C15H19BrN4/c1-5-17-15-12(16)13(9(2)3)19-14(20-15)11-8-6-7-10(4)18-11/h6-9H,5H2,1-4H3,(H,17,19,20). The van der Waals surface area contributed by atoms with E-state index in [1.165, 1.54) is 0 Å². The largest absolute Gasteiger partial charge is 0.369 e. The van der Waals surface area contributed by atoms with E-state index in [1.807, 2.05) is 32.0 Å². The minimum Gasteiger partial charge on any atom is -0.369 e. The molecule has 0 spiro atoms. The molecule has 2 rings (SSSR count). The number of halogens is 1. The highest BCUT2D eigenvalue weighted by Gasteiger charge is 2.16. The molecule has 1 N–H and O–H groups in total. The Morgan fingerprint density at radius 2 is 1.95 bits per heavy atom. The smallest absolute Gasteiger partial charge is 0.180 e. The fraction of sp³-hybridized carbons (Fsp3) is 0.400. The monoisotopic (exact) mass is 334 g/mol. The Morgan fingerprint density at radius 1 is 1.20 bits per heavy atom. The summed E-state index contributed by atoms with van der Waals surface area (Å²) in [5, 5.41) is 3.27. The summed E-state index contributed by atoms with van der Waals surface area (Å²) in [4.78, 5) is 13.8. The molecule has 0 atom stereocenters. The number of rotatable bonds is 4. The van der Waals surface area contributed by atoms with Gasteiger partial charge in [-0.25, -0.2) is 15.0 Å². The Hall–Kier alpha value is -1.49. The van der Waals surface area contributed by atoms with Gasteiger partial charge < -0.3 is 5.32 Å². The molecule has 0 aliphatic carbocycles. The van der Waals surface area contributed by atoms with Crippen LogP contribution in [0.1, 0.15) is 38.1 Å². The zero-order valence-electron chi connectivity index (χ0n) is 12.2. The zero-order valence-corrected chi connectivity index (χ0v) is 13.8. The molecule has 0 aromatic carbocycles. The van der Waals surface area contributed by atoms with Crippen LogP contribution in [-0.2, 0) is 0 Å². The Kier molecular flexibility index (Phi) is 4.70. The van der Waals surface area contributed by atoms with E-state index in [0.717, 1.165) is 33.9 Å². The average molecular weight is 335 g/mol. The van der Waals surface area contributed by atoms with E-state index < -0.39 is 0 Å². The van der Waals surface area contributed by atoms with Crippen molar-refractivity contribution in [2.24, 2.45) is 0 Å². The number of hydrogen-bond acceptors (Lipinski definition) is 4. The first-order valence-electron chi connectivity index (χ1n) is 6.78. The van der Waals surface area contributed by atoms with Crippen molar-refractivity contribution < 1.29 is 0 Å². The maximum Gasteiger partial charge on any atom is 0.180 e. The molecule has 0 radical (unpaired) electrons. The van der Waals surface area contributed by atoms with Crippen LogP contribution in [0.4, 0.5) is 5.82 Å². The van der Waals surface area contributed by atoms with Crippen LogP contribution < -0.4 is 5.32 Å². The lowest BCUT2D eigenvalue weighted by molar-refractivity contribution is 0.808.